The second-order valence-electron chi connectivity index (χ2n) is 7.42. The summed E-state index contributed by atoms with van der Waals surface area (Å²) in [7, 11) is 3.92. The number of hydrogen-bond donors (Lipinski definition) is 2. The average Bonchev–Trinajstić information content (AvgIpc) is 3.16. The number of benzene rings is 2. The van der Waals surface area contributed by atoms with Gasteiger partial charge in [0.05, 0.1) is 10.5 Å². The number of nitrogens with zero attached hydrogens (tertiary/aromatic N) is 5. The molecule has 0 bridgehead atoms. The van der Waals surface area contributed by atoms with E-state index in [4.69, 9.17) is 5.73 Å². The molecule has 0 aliphatic carbocycles. The Morgan fingerprint density at radius 3 is 2.35 bits per heavy atom. The van der Waals surface area contributed by atoms with Gasteiger partial charge in [-0.25, -0.2) is 4.68 Å². The summed E-state index contributed by atoms with van der Waals surface area (Å²) in [5.74, 6) is 0.335. The Labute approximate surface area is 178 Å². The molecule has 0 saturated heterocycles. The maximum Gasteiger partial charge on any atom is 0.269 e. The van der Waals surface area contributed by atoms with Crippen LogP contribution in [0.5, 0.6) is 0 Å². The molecule has 10 nitrogen and oxygen atoms in total. The molecule has 2 heterocycles. The van der Waals surface area contributed by atoms with Crippen molar-refractivity contribution in [3.8, 4) is 11.4 Å². The topological polar surface area (TPSA) is 132 Å². The van der Waals surface area contributed by atoms with E-state index in [-0.39, 0.29) is 5.69 Å². The Balaban J connectivity index is 1.80. The van der Waals surface area contributed by atoms with E-state index in [9.17, 15) is 14.9 Å². The van der Waals surface area contributed by atoms with E-state index >= 15 is 0 Å². The number of nitro benzene ring substituents is 1. The van der Waals surface area contributed by atoms with Gasteiger partial charge >= 0.3 is 0 Å². The van der Waals surface area contributed by atoms with Crippen LogP contribution in [0, 0.1) is 10.1 Å². The number of nitro groups is 1. The van der Waals surface area contributed by atoms with Gasteiger partial charge in [-0.1, -0.05) is 0 Å². The Morgan fingerprint density at radius 2 is 1.81 bits per heavy atom. The molecule has 1 amide bonds. The summed E-state index contributed by atoms with van der Waals surface area (Å²) in [6.45, 7) is 1.74. The van der Waals surface area contributed by atoms with Crippen LogP contribution in [-0.2, 0) is 4.79 Å². The van der Waals surface area contributed by atoms with Crippen LogP contribution >= 0.6 is 0 Å². The maximum absolute atomic E-state index is 12.3. The molecule has 1 aliphatic heterocycles. The van der Waals surface area contributed by atoms with Crippen LogP contribution in [-0.4, -0.2) is 39.7 Å². The summed E-state index contributed by atoms with van der Waals surface area (Å²) in [6.07, 6.45) is 0. The zero-order valence-corrected chi connectivity index (χ0v) is 17.2. The molecule has 158 valence electrons. The van der Waals surface area contributed by atoms with Gasteiger partial charge in [0.2, 0.25) is 11.9 Å². The highest BCUT2D eigenvalue weighted by atomic mass is 16.6. The molecule has 3 N–H and O–H groups in total. The summed E-state index contributed by atoms with van der Waals surface area (Å²) in [4.78, 5) is 29.4. The van der Waals surface area contributed by atoms with Gasteiger partial charge in [0, 0.05) is 43.2 Å². The molecule has 1 unspecified atom stereocenters. The number of hydrogen-bond acceptors (Lipinski definition) is 7. The number of carbonyl (C=O) groups is 1. The van der Waals surface area contributed by atoms with Crippen LogP contribution in [0.25, 0.3) is 11.4 Å². The molecule has 1 aliphatic rings. The molecule has 10 heteroatoms. The first-order valence-electron chi connectivity index (χ1n) is 9.52. The first-order chi connectivity index (χ1) is 14.8. The summed E-state index contributed by atoms with van der Waals surface area (Å²) < 4.78 is 1.59. The van der Waals surface area contributed by atoms with Gasteiger partial charge in [0.25, 0.3) is 5.69 Å². The highest BCUT2D eigenvalue weighted by Gasteiger charge is 2.33. The third kappa shape index (κ3) is 3.59. The quantitative estimate of drug-likeness (QED) is 0.480. The second-order valence-corrected chi connectivity index (χ2v) is 7.42. The number of allylic oxidation sites excluding steroid dienone is 1. The third-order valence-electron chi connectivity index (χ3n) is 5.18. The van der Waals surface area contributed by atoms with Crippen LogP contribution in [0.2, 0.25) is 0 Å². The van der Waals surface area contributed by atoms with Gasteiger partial charge in [-0.3, -0.25) is 14.9 Å². The summed E-state index contributed by atoms with van der Waals surface area (Å²) in [6, 6.07) is 13.1. The fourth-order valence-corrected chi connectivity index (χ4v) is 3.59. The lowest BCUT2D eigenvalue weighted by Crippen LogP contribution is -2.31. The largest absolute Gasteiger partial charge is 0.378 e. The minimum atomic E-state index is -0.656. The number of rotatable bonds is 5. The maximum atomic E-state index is 12.3. The predicted octanol–water partition coefficient (Wildman–Crippen LogP) is 2.69. The number of nitrogens with one attached hydrogen (secondary N) is 1. The minimum absolute atomic E-state index is 0.0421. The van der Waals surface area contributed by atoms with E-state index in [1.54, 1.807) is 23.7 Å². The summed E-state index contributed by atoms with van der Waals surface area (Å²) in [5.41, 5.74) is 9.01. The fraction of sp³-hybridized carbons (Fsp3) is 0.190. The number of non-ortho nitro benzene ring substituents is 1. The molecule has 1 aromatic heterocycles. The van der Waals surface area contributed by atoms with Gasteiger partial charge in [0.1, 0.15) is 6.04 Å². The Hall–Kier alpha value is -4.21. The van der Waals surface area contributed by atoms with Crippen LogP contribution in [0.15, 0.2) is 59.8 Å². The number of fused-ring (bicyclic) bond motifs is 1. The standard InChI is InChI=1S/C21H21N7O3/c1-12-17(19(22)29)18(13-4-10-16(11-5-13)28(30)31)27-21(23-12)24-20(25-27)14-6-8-15(9-7-14)26(2)3/h4-11,18H,1-3H3,(H2,22,29)(H,23,24,25). The molecule has 0 spiro atoms. The van der Waals surface area contributed by atoms with Crippen molar-refractivity contribution in [2.24, 2.45) is 5.73 Å². The number of anilines is 2. The van der Waals surface area contributed by atoms with Gasteiger partial charge in [-0.15, -0.1) is 5.10 Å². The molecule has 0 fully saturated rings. The molecule has 31 heavy (non-hydrogen) atoms. The molecule has 0 radical (unpaired) electrons. The molecule has 4 rings (SSSR count). The summed E-state index contributed by atoms with van der Waals surface area (Å²) >= 11 is 0. The first kappa shape index (κ1) is 20.1. The number of aromatic nitrogens is 3. The zero-order chi connectivity index (χ0) is 22.3. The molecular formula is C21H21N7O3. The molecule has 0 saturated carbocycles. The van der Waals surface area contributed by atoms with Gasteiger partial charge in [-0.2, -0.15) is 4.98 Å². The predicted molar refractivity (Wildman–Crippen MR) is 117 cm³/mol. The number of primary amides is 1. The van der Waals surface area contributed by atoms with Crippen molar-refractivity contribution in [3.05, 3.63) is 75.5 Å². The third-order valence-corrected chi connectivity index (χ3v) is 5.18. The van der Waals surface area contributed by atoms with Gasteiger partial charge < -0.3 is 16.0 Å². The van der Waals surface area contributed by atoms with Crippen molar-refractivity contribution < 1.29 is 9.72 Å². The number of carbonyl (C=O) groups excluding carboxylic acids is 1. The van der Waals surface area contributed by atoms with E-state index in [0.29, 0.717) is 28.6 Å². The average molecular weight is 419 g/mol. The lowest BCUT2D eigenvalue weighted by atomic mass is 9.95. The smallest absolute Gasteiger partial charge is 0.269 e. The van der Waals surface area contributed by atoms with Crippen molar-refractivity contribution in [1.82, 2.24) is 14.8 Å². The normalized spacial score (nSPS) is 15.3. The minimum Gasteiger partial charge on any atom is -0.378 e. The van der Waals surface area contributed by atoms with E-state index in [0.717, 1.165) is 11.3 Å². The van der Waals surface area contributed by atoms with E-state index in [1.165, 1.54) is 12.1 Å². The molecular weight excluding hydrogens is 398 g/mol. The van der Waals surface area contributed by atoms with Crippen molar-refractivity contribution in [2.75, 3.05) is 24.3 Å². The van der Waals surface area contributed by atoms with Crippen molar-refractivity contribution in [1.29, 1.82) is 0 Å². The second kappa shape index (κ2) is 7.56. The Kier molecular flexibility index (Phi) is 4.90. The van der Waals surface area contributed by atoms with Gasteiger partial charge in [0.15, 0.2) is 5.82 Å². The van der Waals surface area contributed by atoms with Gasteiger partial charge in [-0.05, 0) is 48.9 Å². The van der Waals surface area contributed by atoms with Crippen LogP contribution in [0.3, 0.4) is 0 Å². The van der Waals surface area contributed by atoms with Crippen molar-refractivity contribution >= 4 is 23.2 Å². The number of amides is 1. The summed E-state index contributed by atoms with van der Waals surface area (Å²) in [5, 5.41) is 18.7. The molecule has 2 aromatic carbocycles. The molecule has 1 atom stereocenters. The van der Waals surface area contributed by atoms with Crippen molar-refractivity contribution in [3.63, 3.8) is 0 Å². The van der Waals surface area contributed by atoms with Crippen LogP contribution < -0.4 is 16.0 Å². The Morgan fingerprint density at radius 1 is 1.16 bits per heavy atom. The monoisotopic (exact) mass is 419 g/mol. The van der Waals surface area contributed by atoms with Crippen molar-refractivity contribution in [2.45, 2.75) is 13.0 Å². The van der Waals surface area contributed by atoms with E-state index in [2.05, 4.69) is 15.4 Å². The van der Waals surface area contributed by atoms with E-state index in [1.807, 2.05) is 43.3 Å². The number of nitrogens with two attached hydrogens (primary N) is 1. The Bertz CT molecular complexity index is 1190. The van der Waals surface area contributed by atoms with Crippen LogP contribution in [0.4, 0.5) is 17.3 Å². The lowest BCUT2D eigenvalue weighted by Gasteiger charge is -2.27. The highest BCUT2D eigenvalue weighted by Crippen LogP contribution is 2.36. The van der Waals surface area contributed by atoms with Crippen LogP contribution in [0.1, 0.15) is 18.5 Å². The lowest BCUT2D eigenvalue weighted by molar-refractivity contribution is -0.384. The first-order valence-corrected chi connectivity index (χ1v) is 9.52. The van der Waals surface area contributed by atoms with E-state index < -0.39 is 16.9 Å². The molecule has 3 aromatic rings. The SMILES string of the molecule is CC1=C(C(N)=O)C(c2ccc([N+](=O)[O-])cc2)n2nc(-c3ccc(N(C)C)cc3)nc2N1. The fourth-order valence-electron chi connectivity index (χ4n) is 3.59. The zero-order valence-electron chi connectivity index (χ0n) is 17.2. The highest BCUT2D eigenvalue weighted by molar-refractivity contribution is 5.95.